The molecule has 0 N–H and O–H groups in total. The van der Waals surface area contributed by atoms with Crippen LogP contribution in [-0.2, 0) is 11.3 Å². The molecule has 0 aliphatic carbocycles. The SMILES string of the molecule is CC(C)COC(=O)N1CC=C(c2cc(F)ccc2OCc2ccccc2)CC1. The lowest BCUT2D eigenvalue weighted by Crippen LogP contribution is -2.35. The first-order valence-electron chi connectivity index (χ1n) is 9.60. The lowest BCUT2D eigenvalue weighted by molar-refractivity contribution is 0.0954. The topological polar surface area (TPSA) is 38.8 Å². The molecule has 0 spiro atoms. The third kappa shape index (κ3) is 5.35. The van der Waals surface area contributed by atoms with Crippen LogP contribution in [0.25, 0.3) is 5.57 Å². The molecule has 0 saturated carbocycles. The van der Waals surface area contributed by atoms with Crippen molar-refractivity contribution in [3.63, 3.8) is 0 Å². The molecule has 0 fully saturated rings. The van der Waals surface area contributed by atoms with Gasteiger partial charge in [0.2, 0.25) is 0 Å². The fourth-order valence-electron chi connectivity index (χ4n) is 3.02. The monoisotopic (exact) mass is 383 g/mol. The van der Waals surface area contributed by atoms with Crippen LogP contribution in [0.3, 0.4) is 0 Å². The molecule has 0 atom stereocenters. The molecule has 1 amide bonds. The Kier molecular flexibility index (Phi) is 6.69. The molecule has 5 heteroatoms. The van der Waals surface area contributed by atoms with Crippen molar-refractivity contribution in [3.05, 3.63) is 71.6 Å². The minimum absolute atomic E-state index is 0.302. The average Bonchev–Trinajstić information content (AvgIpc) is 2.72. The Balaban J connectivity index is 1.69. The van der Waals surface area contributed by atoms with Gasteiger partial charge in [-0.1, -0.05) is 50.3 Å². The van der Waals surface area contributed by atoms with Crippen molar-refractivity contribution in [1.29, 1.82) is 0 Å². The highest BCUT2D eigenvalue weighted by Gasteiger charge is 2.21. The summed E-state index contributed by atoms with van der Waals surface area (Å²) < 4.78 is 25.1. The minimum atomic E-state index is -0.304. The van der Waals surface area contributed by atoms with Crippen LogP contribution in [0.4, 0.5) is 9.18 Å². The second-order valence-electron chi connectivity index (χ2n) is 7.31. The summed E-state index contributed by atoms with van der Waals surface area (Å²) in [5.41, 5.74) is 2.77. The zero-order chi connectivity index (χ0) is 19.9. The van der Waals surface area contributed by atoms with Crippen LogP contribution >= 0.6 is 0 Å². The van der Waals surface area contributed by atoms with Crippen molar-refractivity contribution in [2.45, 2.75) is 26.9 Å². The first kappa shape index (κ1) is 19.9. The van der Waals surface area contributed by atoms with Gasteiger partial charge in [-0.25, -0.2) is 9.18 Å². The van der Waals surface area contributed by atoms with Gasteiger partial charge < -0.3 is 14.4 Å². The second-order valence-corrected chi connectivity index (χ2v) is 7.31. The molecule has 3 rings (SSSR count). The minimum Gasteiger partial charge on any atom is -0.488 e. The molecule has 0 bridgehead atoms. The lowest BCUT2D eigenvalue weighted by Gasteiger charge is -2.27. The number of carbonyl (C=O) groups excluding carboxylic acids is 1. The summed E-state index contributed by atoms with van der Waals surface area (Å²) in [6.45, 7) is 5.82. The molecular formula is C23H26FNO3. The Morgan fingerprint density at radius 2 is 1.96 bits per heavy atom. The van der Waals surface area contributed by atoms with Crippen molar-refractivity contribution >= 4 is 11.7 Å². The second kappa shape index (κ2) is 9.40. The normalized spacial score (nSPS) is 14.0. The van der Waals surface area contributed by atoms with E-state index in [1.807, 2.05) is 50.3 Å². The Morgan fingerprint density at radius 3 is 2.64 bits per heavy atom. The van der Waals surface area contributed by atoms with Crippen LogP contribution in [0.1, 0.15) is 31.4 Å². The summed E-state index contributed by atoms with van der Waals surface area (Å²) >= 11 is 0. The van der Waals surface area contributed by atoms with Crippen LogP contribution in [0.2, 0.25) is 0 Å². The van der Waals surface area contributed by atoms with Crippen molar-refractivity contribution in [2.24, 2.45) is 5.92 Å². The number of ether oxygens (including phenoxy) is 2. The van der Waals surface area contributed by atoms with E-state index in [0.29, 0.717) is 44.4 Å². The van der Waals surface area contributed by atoms with Gasteiger partial charge in [-0.3, -0.25) is 0 Å². The van der Waals surface area contributed by atoms with Crippen molar-refractivity contribution in [3.8, 4) is 5.75 Å². The van der Waals surface area contributed by atoms with Gasteiger partial charge >= 0.3 is 6.09 Å². The highest BCUT2D eigenvalue weighted by atomic mass is 19.1. The van der Waals surface area contributed by atoms with Crippen molar-refractivity contribution in [2.75, 3.05) is 19.7 Å². The van der Waals surface area contributed by atoms with E-state index in [2.05, 4.69) is 0 Å². The van der Waals surface area contributed by atoms with Crippen LogP contribution < -0.4 is 4.74 Å². The molecule has 1 heterocycles. The predicted molar refractivity (Wildman–Crippen MR) is 108 cm³/mol. The van der Waals surface area contributed by atoms with E-state index in [1.54, 1.807) is 11.0 Å². The van der Waals surface area contributed by atoms with Gasteiger partial charge in [-0.05, 0) is 41.7 Å². The summed E-state index contributed by atoms with van der Waals surface area (Å²) in [7, 11) is 0. The third-order valence-corrected chi connectivity index (χ3v) is 4.53. The van der Waals surface area contributed by atoms with Gasteiger partial charge in [0, 0.05) is 18.7 Å². The maximum atomic E-state index is 13.9. The number of halogens is 1. The number of rotatable bonds is 6. The molecule has 148 valence electrons. The number of carbonyl (C=O) groups is 1. The number of amides is 1. The Hall–Kier alpha value is -2.82. The first-order valence-corrected chi connectivity index (χ1v) is 9.60. The van der Waals surface area contributed by atoms with E-state index in [0.717, 1.165) is 16.7 Å². The molecule has 0 radical (unpaired) electrons. The van der Waals surface area contributed by atoms with Gasteiger partial charge in [0.25, 0.3) is 0 Å². The summed E-state index contributed by atoms with van der Waals surface area (Å²) in [6, 6.07) is 14.4. The summed E-state index contributed by atoms with van der Waals surface area (Å²) in [4.78, 5) is 13.8. The van der Waals surface area contributed by atoms with E-state index < -0.39 is 0 Å². The van der Waals surface area contributed by atoms with Gasteiger partial charge in [-0.2, -0.15) is 0 Å². The van der Waals surface area contributed by atoms with E-state index in [4.69, 9.17) is 9.47 Å². The molecule has 4 nitrogen and oxygen atoms in total. The zero-order valence-electron chi connectivity index (χ0n) is 16.4. The Morgan fingerprint density at radius 1 is 1.18 bits per heavy atom. The fraction of sp³-hybridized carbons (Fsp3) is 0.348. The zero-order valence-corrected chi connectivity index (χ0v) is 16.4. The van der Waals surface area contributed by atoms with E-state index in [1.165, 1.54) is 12.1 Å². The van der Waals surface area contributed by atoms with Crippen LogP contribution in [0.5, 0.6) is 5.75 Å². The van der Waals surface area contributed by atoms with Crippen molar-refractivity contribution in [1.82, 2.24) is 4.90 Å². The smallest absolute Gasteiger partial charge is 0.410 e. The summed E-state index contributed by atoms with van der Waals surface area (Å²) in [6.07, 6.45) is 2.27. The molecule has 0 unspecified atom stereocenters. The van der Waals surface area contributed by atoms with Crippen molar-refractivity contribution < 1.29 is 18.7 Å². The van der Waals surface area contributed by atoms with E-state index >= 15 is 0 Å². The molecule has 1 aliphatic heterocycles. The molecule has 1 aliphatic rings. The van der Waals surface area contributed by atoms with Crippen LogP contribution in [0.15, 0.2) is 54.6 Å². The number of nitrogens with zero attached hydrogens (tertiary/aromatic N) is 1. The lowest BCUT2D eigenvalue weighted by atomic mass is 9.98. The van der Waals surface area contributed by atoms with Crippen LogP contribution in [0, 0.1) is 11.7 Å². The molecule has 0 saturated heterocycles. The largest absolute Gasteiger partial charge is 0.488 e. The highest BCUT2D eigenvalue weighted by Crippen LogP contribution is 2.32. The molecular weight excluding hydrogens is 357 g/mol. The van der Waals surface area contributed by atoms with Gasteiger partial charge in [0.1, 0.15) is 18.2 Å². The average molecular weight is 383 g/mol. The summed E-state index contributed by atoms with van der Waals surface area (Å²) in [5, 5.41) is 0. The van der Waals surface area contributed by atoms with E-state index in [-0.39, 0.29) is 11.9 Å². The predicted octanol–water partition coefficient (Wildman–Crippen LogP) is 5.29. The Labute approximate surface area is 165 Å². The van der Waals surface area contributed by atoms with Gasteiger partial charge in [-0.15, -0.1) is 0 Å². The van der Waals surface area contributed by atoms with Crippen LogP contribution in [-0.4, -0.2) is 30.7 Å². The molecule has 28 heavy (non-hydrogen) atoms. The number of benzene rings is 2. The highest BCUT2D eigenvalue weighted by molar-refractivity contribution is 5.74. The number of hydrogen-bond donors (Lipinski definition) is 0. The first-order chi connectivity index (χ1) is 13.5. The van der Waals surface area contributed by atoms with E-state index in [9.17, 15) is 9.18 Å². The quantitative estimate of drug-likeness (QED) is 0.681. The maximum absolute atomic E-state index is 13.9. The molecule has 2 aromatic rings. The third-order valence-electron chi connectivity index (χ3n) is 4.53. The molecule has 0 aromatic heterocycles. The number of hydrogen-bond acceptors (Lipinski definition) is 3. The van der Waals surface area contributed by atoms with Gasteiger partial charge in [0.05, 0.1) is 6.61 Å². The molecule has 2 aromatic carbocycles. The standard InChI is InChI=1S/C23H26FNO3/c1-17(2)15-28-23(26)25-12-10-19(11-13-25)21-14-20(24)8-9-22(21)27-16-18-6-4-3-5-7-18/h3-10,14,17H,11-13,15-16H2,1-2H3. The fourth-order valence-corrected chi connectivity index (χ4v) is 3.02. The summed E-state index contributed by atoms with van der Waals surface area (Å²) in [5.74, 6) is 0.644. The van der Waals surface area contributed by atoms with Gasteiger partial charge in [0.15, 0.2) is 0 Å². The Bertz CT molecular complexity index is 833. The maximum Gasteiger partial charge on any atom is 0.410 e.